The Hall–Kier alpha value is -3.58. The van der Waals surface area contributed by atoms with Crippen LogP contribution in [-0.2, 0) is 22.6 Å². The molecule has 0 aliphatic rings. The predicted octanol–water partition coefficient (Wildman–Crippen LogP) is 5.68. The number of hydrogen-bond donors (Lipinski definition) is 0. The number of ether oxygens (including phenoxy) is 2. The minimum atomic E-state index is -0.151. The van der Waals surface area contributed by atoms with E-state index in [1.165, 1.54) is 0 Å². The molecule has 0 N–H and O–H groups in total. The van der Waals surface area contributed by atoms with E-state index in [0.717, 1.165) is 28.8 Å². The fraction of sp³-hybridized carbons (Fsp3) is 0.333. The highest BCUT2D eigenvalue weighted by molar-refractivity contribution is 7.09. The first-order chi connectivity index (χ1) is 18.0. The van der Waals surface area contributed by atoms with Crippen LogP contribution in [-0.4, -0.2) is 55.5 Å². The van der Waals surface area contributed by atoms with Gasteiger partial charge < -0.3 is 19.3 Å². The molecule has 0 aliphatic heterocycles. The van der Waals surface area contributed by atoms with Gasteiger partial charge in [-0.3, -0.25) is 9.59 Å². The van der Waals surface area contributed by atoms with E-state index in [9.17, 15) is 9.59 Å². The van der Waals surface area contributed by atoms with Crippen molar-refractivity contribution in [3.05, 3.63) is 88.1 Å². The summed E-state index contributed by atoms with van der Waals surface area (Å²) in [5.41, 5.74) is 2.00. The smallest absolute Gasteiger partial charge is 0.247 e. The van der Waals surface area contributed by atoms with Gasteiger partial charge in [0.25, 0.3) is 0 Å². The van der Waals surface area contributed by atoms with E-state index in [2.05, 4.69) is 6.92 Å². The molecule has 7 heteroatoms. The molecule has 3 rings (SSSR count). The highest BCUT2D eigenvalue weighted by atomic mass is 32.1. The number of amides is 2. The summed E-state index contributed by atoms with van der Waals surface area (Å²) < 4.78 is 10.8. The molecular weight excluding hydrogens is 484 g/mol. The molecule has 2 amide bonds. The van der Waals surface area contributed by atoms with Crippen LogP contribution < -0.4 is 9.47 Å². The molecule has 0 unspecified atom stereocenters. The molecule has 0 atom stereocenters. The minimum Gasteiger partial charge on any atom is -0.493 e. The molecule has 37 heavy (non-hydrogen) atoms. The Labute approximate surface area is 224 Å². The highest BCUT2D eigenvalue weighted by Gasteiger charge is 2.21. The van der Waals surface area contributed by atoms with Crippen molar-refractivity contribution < 1.29 is 19.1 Å². The van der Waals surface area contributed by atoms with Crippen molar-refractivity contribution in [2.75, 3.05) is 33.9 Å². The zero-order valence-electron chi connectivity index (χ0n) is 21.9. The van der Waals surface area contributed by atoms with Gasteiger partial charge in [0, 0.05) is 24.0 Å². The second kappa shape index (κ2) is 14.9. The third kappa shape index (κ3) is 8.79. The fourth-order valence-electron chi connectivity index (χ4n) is 3.90. The molecule has 0 radical (unpaired) electrons. The fourth-order valence-corrected chi connectivity index (χ4v) is 4.62. The molecule has 0 fully saturated rings. The lowest BCUT2D eigenvalue weighted by atomic mass is 10.1. The van der Waals surface area contributed by atoms with Crippen molar-refractivity contribution in [2.45, 2.75) is 32.7 Å². The van der Waals surface area contributed by atoms with Gasteiger partial charge in [0.15, 0.2) is 11.5 Å². The summed E-state index contributed by atoms with van der Waals surface area (Å²) in [6.07, 6.45) is 5.80. The minimum absolute atomic E-state index is 0.0509. The second-order valence-electron chi connectivity index (χ2n) is 8.69. The molecule has 1 aromatic heterocycles. The summed E-state index contributed by atoms with van der Waals surface area (Å²) in [5.74, 6) is 1.12. The molecule has 0 spiro atoms. The number of rotatable bonds is 14. The van der Waals surface area contributed by atoms with Crippen LogP contribution in [0.4, 0.5) is 0 Å². The van der Waals surface area contributed by atoms with Crippen LogP contribution in [0.2, 0.25) is 0 Å². The summed E-state index contributed by atoms with van der Waals surface area (Å²) in [4.78, 5) is 31.2. The summed E-state index contributed by atoms with van der Waals surface area (Å²) in [7, 11) is 3.22. The van der Waals surface area contributed by atoms with Crippen molar-refractivity contribution >= 4 is 29.2 Å². The van der Waals surface area contributed by atoms with E-state index in [4.69, 9.17) is 9.47 Å². The van der Waals surface area contributed by atoms with Crippen molar-refractivity contribution in [1.29, 1.82) is 0 Å². The Kier molecular flexibility index (Phi) is 11.2. The van der Waals surface area contributed by atoms with E-state index in [-0.39, 0.29) is 18.4 Å². The largest absolute Gasteiger partial charge is 0.493 e. The average molecular weight is 521 g/mol. The molecule has 1 heterocycles. The monoisotopic (exact) mass is 520 g/mol. The maximum Gasteiger partial charge on any atom is 0.247 e. The number of methoxy groups -OCH3 is 2. The maximum absolute atomic E-state index is 13.5. The Morgan fingerprint density at radius 2 is 1.70 bits per heavy atom. The number of carbonyl (C=O) groups excluding carboxylic acids is 2. The Morgan fingerprint density at radius 1 is 0.919 bits per heavy atom. The highest BCUT2D eigenvalue weighted by Crippen LogP contribution is 2.28. The Balaban J connectivity index is 1.73. The third-order valence-corrected chi connectivity index (χ3v) is 6.90. The van der Waals surface area contributed by atoms with Gasteiger partial charge in [0.05, 0.1) is 20.8 Å². The van der Waals surface area contributed by atoms with Gasteiger partial charge >= 0.3 is 0 Å². The Bertz CT molecular complexity index is 1150. The van der Waals surface area contributed by atoms with Crippen molar-refractivity contribution in [3.8, 4) is 11.5 Å². The third-order valence-electron chi connectivity index (χ3n) is 6.04. The lowest BCUT2D eigenvalue weighted by molar-refractivity contribution is -0.138. The molecular formula is C30H36N2O4S. The van der Waals surface area contributed by atoms with Crippen LogP contribution in [0.3, 0.4) is 0 Å². The summed E-state index contributed by atoms with van der Waals surface area (Å²) in [6.45, 7) is 3.72. The molecule has 0 aliphatic carbocycles. The first-order valence-electron chi connectivity index (χ1n) is 12.6. The number of benzene rings is 2. The molecule has 3 aromatic rings. The Morgan fingerprint density at radius 3 is 2.38 bits per heavy atom. The topological polar surface area (TPSA) is 59.1 Å². The first kappa shape index (κ1) is 28.0. The second-order valence-corrected chi connectivity index (χ2v) is 9.72. The lowest BCUT2D eigenvalue weighted by Crippen LogP contribution is -2.43. The molecule has 196 valence electrons. The number of carbonyl (C=O) groups is 2. The number of thiophene rings is 1. The maximum atomic E-state index is 13.5. The van der Waals surface area contributed by atoms with Crippen LogP contribution in [0.15, 0.2) is 72.1 Å². The van der Waals surface area contributed by atoms with Gasteiger partial charge in [-0.25, -0.2) is 0 Å². The van der Waals surface area contributed by atoms with Crippen LogP contribution >= 0.6 is 11.3 Å². The summed E-state index contributed by atoms with van der Waals surface area (Å²) in [6, 6.07) is 19.5. The molecule has 0 bridgehead atoms. The van der Waals surface area contributed by atoms with Crippen molar-refractivity contribution in [2.24, 2.45) is 0 Å². The first-order valence-corrected chi connectivity index (χ1v) is 13.4. The van der Waals surface area contributed by atoms with E-state index in [1.807, 2.05) is 70.9 Å². The number of unbranched alkanes of at least 4 members (excludes halogenated alkanes) is 1. The van der Waals surface area contributed by atoms with Gasteiger partial charge in [-0.15, -0.1) is 11.3 Å². The SMILES string of the molecule is CCCCN(CC(=O)N(CCc1ccc(OC)c(OC)c1)Cc1cccs1)C(=O)/C=C/c1ccccc1. The average Bonchev–Trinajstić information content (AvgIpc) is 3.45. The van der Waals surface area contributed by atoms with Gasteiger partial charge in [-0.05, 0) is 53.6 Å². The van der Waals surface area contributed by atoms with E-state index >= 15 is 0 Å². The van der Waals surface area contributed by atoms with E-state index in [0.29, 0.717) is 37.6 Å². The van der Waals surface area contributed by atoms with E-state index in [1.54, 1.807) is 42.6 Å². The van der Waals surface area contributed by atoms with Crippen LogP contribution in [0.25, 0.3) is 6.08 Å². The summed E-state index contributed by atoms with van der Waals surface area (Å²) >= 11 is 1.62. The van der Waals surface area contributed by atoms with Gasteiger partial charge in [-0.2, -0.15) is 0 Å². The van der Waals surface area contributed by atoms with Crippen molar-refractivity contribution in [3.63, 3.8) is 0 Å². The van der Waals surface area contributed by atoms with Crippen LogP contribution in [0, 0.1) is 0 Å². The molecule has 0 saturated carbocycles. The van der Waals surface area contributed by atoms with Gasteiger partial charge in [-0.1, -0.05) is 55.8 Å². The van der Waals surface area contributed by atoms with Crippen molar-refractivity contribution in [1.82, 2.24) is 9.80 Å². The quantitative estimate of drug-likeness (QED) is 0.257. The standard InChI is InChI=1S/C30H36N2O4S/c1-4-5-18-31(29(33)16-14-24-10-7-6-8-11-24)23-30(34)32(22-26-12-9-20-37-26)19-17-25-13-15-27(35-2)28(21-25)36-3/h6-16,20-21H,4-5,17-19,22-23H2,1-3H3/b16-14+. The normalized spacial score (nSPS) is 10.9. The molecule has 6 nitrogen and oxygen atoms in total. The predicted molar refractivity (Wildman–Crippen MR) is 150 cm³/mol. The molecule has 2 aromatic carbocycles. The zero-order valence-corrected chi connectivity index (χ0v) is 22.7. The number of hydrogen-bond acceptors (Lipinski definition) is 5. The molecule has 0 saturated heterocycles. The lowest BCUT2D eigenvalue weighted by Gasteiger charge is -2.27. The van der Waals surface area contributed by atoms with Gasteiger partial charge in [0.1, 0.15) is 6.54 Å². The van der Waals surface area contributed by atoms with Crippen LogP contribution in [0.5, 0.6) is 11.5 Å². The van der Waals surface area contributed by atoms with Gasteiger partial charge in [0.2, 0.25) is 11.8 Å². The number of nitrogens with zero attached hydrogens (tertiary/aromatic N) is 2. The van der Waals surface area contributed by atoms with Crippen LogP contribution in [0.1, 0.15) is 35.8 Å². The van der Waals surface area contributed by atoms with E-state index < -0.39 is 0 Å². The summed E-state index contributed by atoms with van der Waals surface area (Å²) in [5, 5.41) is 2.01. The zero-order chi connectivity index (χ0) is 26.5.